The topological polar surface area (TPSA) is 47.0 Å². The molecular weight excluding hydrogens is 240 g/mol. The number of rotatable bonds is 7. The van der Waals surface area contributed by atoms with Gasteiger partial charge in [-0.25, -0.2) is 13.8 Å². The minimum atomic E-state index is -2.50. The molecule has 0 saturated carbocycles. The molecule has 0 aliphatic carbocycles. The number of hydrogen-bond acceptors (Lipinski definition) is 4. The van der Waals surface area contributed by atoms with Crippen LogP contribution in [0.3, 0.4) is 0 Å². The molecule has 1 aromatic rings. The molecule has 0 aliphatic rings. The van der Waals surface area contributed by atoms with Crippen LogP contribution in [0.4, 0.5) is 8.78 Å². The van der Waals surface area contributed by atoms with Gasteiger partial charge in [-0.15, -0.1) is 0 Å². The van der Waals surface area contributed by atoms with E-state index in [2.05, 4.69) is 29.1 Å². The van der Waals surface area contributed by atoms with Crippen LogP contribution in [0.2, 0.25) is 0 Å². The number of ether oxygens (including phenoxy) is 1. The van der Waals surface area contributed by atoms with Gasteiger partial charge in [0.15, 0.2) is 6.61 Å². The number of hydrogen-bond donors (Lipinski definition) is 1. The van der Waals surface area contributed by atoms with Crippen LogP contribution >= 0.6 is 0 Å². The molecule has 0 aromatic carbocycles. The Morgan fingerprint density at radius 1 is 1.39 bits per heavy atom. The summed E-state index contributed by atoms with van der Waals surface area (Å²) in [5.74, 6) is 1.26. The maximum absolute atomic E-state index is 12.1. The van der Waals surface area contributed by atoms with Gasteiger partial charge in [-0.3, -0.25) is 0 Å². The smallest absolute Gasteiger partial charge is 0.272 e. The third-order valence-electron chi connectivity index (χ3n) is 2.16. The van der Waals surface area contributed by atoms with Crippen molar-refractivity contribution in [2.45, 2.75) is 33.7 Å². The SMILES string of the molecule is Cc1ncc(CNCC(C)C)c(OCC(F)F)n1. The fraction of sp³-hybridized carbons (Fsp3) is 0.667. The maximum atomic E-state index is 12.1. The molecular formula is C12H19F2N3O. The van der Waals surface area contributed by atoms with Gasteiger partial charge in [0, 0.05) is 18.3 Å². The fourth-order valence-corrected chi connectivity index (χ4v) is 1.36. The summed E-state index contributed by atoms with van der Waals surface area (Å²) in [7, 11) is 0. The van der Waals surface area contributed by atoms with Crippen molar-refractivity contribution in [2.24, 2.45) is 5.92 Å². The first-order valence-corrected chi connectivity index (χ1v) is 5.93. The van der Waals surface area contributed by atoms with Gasteiger partial charge in [0.05, 0.1) is 0 Å². The molecule has 0 amide bonds. The summed E-state index contributed by atoms with van der Waals surface area (Å²) in [4.78, 5) is 8.08. The van der Waals surface area contributed by atoms with Crippen molar-refractivity contribution in [2.75, 3.05) is 13.2 Å². The second-order valence-corrected chi connectivity index (χ2v) is 4.47. The number of nitrogens with zero attached hydrogens (tertiary/aromatic N) is 2. The quantitative estimate of drug-likeness (QED) is 0.815. The van der Waals surface area contributed by atoms with Crippen LogP contribution < -0.4 is 10.1 Å². The Hall–Kier alpha value is -1.30. The number of aromatic nitrogens is 2. The number of alkyl halides is 2. The lowest BCUT2D eigenvalue weighted by molar-refractivity contribution is 0.0788. The Balaban J connectivity index is 2.64. The van der Waals surface area contributed by atoms with Crippen LogP contribution in [-0.2, 0) is 6.54 Å². The van der Waals surface area contributed by atoms with E-state index in [9.17, 15) is 8.78 Å². The predicted molar refractivity (Wildman–Crippen MR) is 64.8 cm³/mol. The van der Waals surface area contributed by atoms with E-state index in [0.717, 1.165) is 6.54 Å². The highest BCUT2D eigenvalue weighted by molar-refractivity contribution is 5.23. The highest BCUT2D eigenvalue weighted by atomic mass is 19.3. The Labute approximate surface area is 106 Å². The Morgan fingerprint density at radius 3 is 2.72 bits per heavy atom. The van der Waals surface area contributed by atoms with Gasteiger partial charge in [0.1, 0.15) is 5.82 Å². The van der Waals surface area contributed by atoms with Gasteiger partial charge in [-0.05, 0) is 19.4 Å². The van der Waals surface area contributed by atoms with Crippen molar-refractivity contribution in [1.29, 1.82) is 0 Å². The van der Waals surface area contributed by atoms with E-state index >= 15 is 0 Å². The highest BCUT2D eigenvalue weighted by Crippen LogP contribution is 2.15. The largest absolute Gasteiger partial charge is 0.471 e. The van der Waals surface area contributed by atoms with E-state index in [1.165, 1.54) is 0 Å². The number of aryl methyl sites for hydroxylation is 1. The molecule has 0 spiro atoms. The molecule has 18 heavy (non-hydrogen) atoms. The number of nitrogens with one attached hydrogen (secondary N) is 1. The molecule has 0 unspecified atom stereocenters. The molecule has 0 fully saturated rings. The lowest BCUT2D eigenvalue weighted by atomic mass is 10.2. The average molecular weight is 259 g/mol. The lowest BCUT2D eigenvalue weighted by Gasteiger charge is -2.12. The van der Waals surface area contributed by atoms with E-state index in [1.54, 1.807) is 13.1 Å². The zero-order valence-corrected chi connectivity index (χ0v) is 10.9. The zero-order chi connectivity index (χ0) is 13.5. The second kappa shape index (κ2) is 7.20. The molecule has 0 bridgehead atoms. The summed E-state index contributed by atoms with van der Waals surface area (Å²) in [6, 6.07) is 0. The van der Waals surface area contributed by atoms with Crippen LogP contribution in [-0.4, -0.2) is 29.5 Å². The van der Waals surface area contributed by atoms with Gasteiger partial charge in [0.25, 0.3) is 6.43 Å². The molecule has 1 aromatic heterocycles. The summed E-state index contributed by atoms with van der Waals surface area (Å²) in [5, 5.41) is 3.20. The first-order chi connectivity index (χ1) is 8.49. The van der Waals surface area contributed by atoms with Crippen LogP contribution in [0, 0.1) is 12.8 Å². The lowest BCUT2D eigenvalue weighted by Crippen LogP contribution is -2.20. The first kappa shape index (κ1) is 14.8. The van der Waals surface area contributed by atoms with E-state index in [-0.39, 0.29) is 5.88 Å². The Bertz CT molecular complexity index is 372. The van der Waals surface area contributed by atoms with E-state index in [1.807, 2.05) is 0 Å². The van der Waals surface area contributed by atoms with Crippen molar-refractivity contribution in [3.8, 4) is 5.88 Å². The van der Waals surface area contributed by atoms with E-state index in [4.69, 9.17) is 4.74 Å². The van der Waals surface area contributed by atoms with Gasteiger partial charge in [0.2, 0.25) is 5.88 Å². The van der Waals surface area contributed by atoms with Crippen LogP contribution in [0.25, 0.3) is 0 Å². The maximum Gasteiger partial charge on any atom is 0.272 e. The fourth-order valence-electron chi connectivity index (χ4n) is 1.36. The Morgan fingerprint density at radius 2 is 2.11 bits per heavy atom. The monoisotopic (exact) mass is 259 g/mol. The number of halogens is 2. The minimum Gasteiger partial charge on any atom is -0.471 e. The highest BCUT2D eigenvalue weighted by Gasteiger charge is 2.10. The third-order valence-corrected chi connectivity index (χ3v) is 2.16. The molecule has 4 nitrogen and oxygen atoms in total. The van der Waals surface area contributed by atoms with Crippen molar-refractivity contribution < 1.29 is 13.5 Å². The van der Waals surface area contributed by atoms with Gasteiger partial charge < -0.3 is 10.1 Å². The first-order valence-electron chi connectivity index (χ1n) is 5.93. The third kappa shape index (κ3) is 5.35. The molecule has 0 saturated heterocycles. The molecule has 0 atom stereocenters. The van der Waals surface area contributed by atoms with Crippen molar-refractivity contribution in [1.82, 2.24) is 15.3 Å². The minimum absolute atomic E-state index is 0.235. The van der Waals surface area contributed by atoms with Crippen molar-refractivity contribution >= 4 is 0 Å². The van der Waals surface area contributed by atoms with Gasteiger partial charge in [-0.2, -0.15) is 4.98 Å². The molecule has 1 N–H and O–H groups in total. The summed E-state index contributed by atoms with van der Waals surface area (Å²) in [6.45, 7) is 6.58. The van der Waals surface area contributed by atoms with Crippen molar-refractivity contribution in [3.05, 3.63) is 17.6 Å². The predicted octanol–water partition coefficient (Wildman–Crippen LogP) is 2.17. The van der Waals surface area contributed by atoms with Crippen molar-refractivity contribution in [3.63, 3.8) is 0 Å². The van der Waals surface area contributed by atoms with Crippen LogP contribution in [0.1, 0.15) is 25.2 Å². The summed E-state index contributed by atoms with van der Waals surface area (Å²) in [5.41, 5.74) is 0.696. The van der Waals surface area contributed by atoms with Crippen LogP contribution in [0.5, 0.6) is 5.88 Å². The molecule has 102 valence electrons. The summed E-state index contributed by atoms with van der Waals surface area (Å²) in [6.07, 6.45) is -0.895. The van der Waals surface area contributed by atoms with Gasteiger partial charge >= 0.3 is 0 Å². The molecule has 1 heterocycles. The van der Waals surface area contributed by atoms with E-state index < -0.39 is 13.0 Å². The standard InChI is InChI=1S/C12H19F2N3O/c1-8(2)4-15-5-10-6-16-9(3)17-12(10)18-7-11(13)14/h6,8,11,15H,4-5,7H2,1-3H3. The Kier molecular flexibility index (Phi) is 5.91. The molecule has 1 rings (SSSR count). The molecule has 0 aliphatic heterocycles. The van der Waals surface area contributed by atoms with Crippen LogP contribution in [0.15, 0.2) is 6.20 Å². The van der Waals surface area contributed by atoms with Gasteiger partial charge in [-0.1, -0.05) is 13.8 Å². The van der Waals surface area contributed by atoms with E-state index in [0.29, 0.717) is 23.9 Å². The molecule has 6 heteroatoms. The summed E-state index contributed by atoms with van der Waals surface area (Å²) >= 11 is 0. The normalized spacial score (nSPS) is 11.3. The molecule has 0 radical (unpaired) electrons. The summed E-state index contributed by atoms with van der Waals surface area (Å²) < 4.78 is 29.2. The zero-order valence-electron chi connectivity index (χ0n) is 10.9. The average Bonchev–Trinajstić information content (AvgIpc) is 2.28. The second-order valence-electron chi connectivity index (χ2n) is 4.47.